The number of nitrogens with zero attached hydrogens (tertiary/aromatic N) is 2. The highest BCUT2D eigenvalue weighted by Gasteiger charge is 2.43. The highest BCUT2D eigenvalue weighted by Crippen LogP contribution is 2.28. The summed E-state index contributed by atoms with van der Waals surface area (Å²) < 4.78 is 19.4. The smallest absolute Gasteiger partial charge is 0.351 e. The van der Waals surface area contributed by atoms with Gasteiger partial charge in [0.1, 0.15) is 24.0 Å². The minimum absolute atomic E-state index is 0.106. The lowest BCUT2D eigenvalue weighted by molar-refractivity contribution is -0.0547. The molecule has 1 fully saturated rings. The van der Waals surface area contributed by atoms with E-state index >= 15 is 0 Å². The third kappa shape index (κ3) is 2.22. The quantitative estimate of drug-likeness (QED) is 0.495. The van der Waals surface area contributed by atoms with Crippen LogP contribution in [-0.2, 0) is 4.74 Å². The second-order valence-corrected chi connectivity index (χ2v) is 4.91. The van der Waals surface area contributed by atoms with E-state index in [1.165, 1.54) is 0 Å². The predicted octanol–water partition coefficient (Wildman–Crippen LogP) is -2.16. The second-order valence-electron chi connectivity index (χ2n) is 4.91. The first-order valence-corrected chi connectivity index (χ1v) is 6.36. The van der Waals surface area contributed by atoms with E-state index in [4.69, 9.17) is 9.84 Å². The summed E-state index contributed by atoms with van der Waals surface area (Å²) in [5, 5.41) is 28.7. The normalized spacial score (nSPS) is 28.4. The van der Waals surface area contributed by atoms with Gasteiger partial charge in [-0.15, -0.1) is 0 Å². The second kappa shape index (κ2) is 5.25. The fraction of sp³-hybridized carbons (Fsp3) is 0.417. The largest absolute Gasteiger partial charge is 0.394 e. The van der Waals surface area contributed by atoms with E-state index in [2.05, 4.69) is 9.97 Å². The molecular formula is C12H12FN3O6. The highest BCUT2D eigenvalue weighted by atomic mass is 19.1. The van der Waals surface area contributed by atoms with Gasteiger partial charge in [-0.25, -0.2) is 9.18 Å². The Hall–Kier alpha value is -2.14. The van der Waals surface area contributed by atoms with Gasteiger partial charge in [0.15, 0.2) is 12.0 Å². The molecule has 10 heteroatoms. The molecule has 0 radical (unpaired) electrons. The molecule has 1 aliphatic rings. The van der Waals surface area contributed by atoms with E-state index in [1.54, 1.807) is 0 Å². The fourth-order valence-corrected chi connectivity index (χ4v) is 2.35. The molecule has 3 heterocycles. The molecule has 4 atom stereocenters. The summed E-state index contributed by atoms with van der Waals surface area (Å²) >= 11 is 0. The number of ether oxygens (including phenoxy) is 1. The number of halogens is 1. The predicted molar refractivity (Wildman–Crippen MR) is 69.6 cm³/mol. The molecule has 1 saturated heterocycles. The molecule has 0 amide bonds. The molecule has 4 N–H and O–H groups in total. The lowest BCUT2D eigenvalue weighted by Gasteiger charge is -2.17. The Kier molecular flexibility index (Phi) is 3.53. The van der Waals surface area contributed by atoms with E-state index < -0.39 is 48.2 Å². The van der Waals surface area contributed by atoms with Crippen LogP contribution in [0.25, 0.3) is 11.0 Å². The summed E-state index contributed by atoms with van der Waals surface area (Å²) in [5.41, 5.74) is -1.99. The van der Waals surface area contributed by atoms with Crippen LogP contribution in [0.4, 0.5) is 4.39 Å². The van der Waals surface area contributed by atoms with Crippen LogP contribution < -0.4 is 11.2 Å². The number of H-pyrrole nitrogens is 1. The van der Waals surface area contributed by atoms with Gasteiger partial charge in [0, 0.05) is 11.6 Å². The number of hydrogen-bond acceptors (Lipinski definition) is 7. The maximum atomic E-state index is 13.3. The van der Waals surface area contributed by atoms with Crippen molar-refractivity contribution in [3.05, 3.63) is 38.9 Å². The Morgan fingerprint density at radius 1 is 1.36 bits per heavy atom. The monoisotopic (exact) mass is 313 g/mol. The van der Waals surface area contributed by atoms with Crippen LogP contribution in [0.2, 0.25) is 0 Å². The number of aliphatic hydroxyl groups is 3. The number of hydrogen-bond donors (Lipinski definition) is 4. The molecule has 0 spiro atoms. The van der Waals surface area contributed by atoms with Crippen LogP contribution in [0, 0.1) is 5.82 Å². The number of fused-ring (bicyclic) bond motifs is 1. The zero-order valence-electron chi connectivity index (χ0n) is 11.0. The molecule has 0 aliphatic carbocycles. The first kappa shape index (κ1) is 14.8. The van der Waals surface area contributed by atoms with Crippen molar-refractivity contribution in [1.29, 1.82) is 0 Å². The van der Waals surface area contributed by atoms with Crippen molar-refractivity contribution in [1.82, 2.24) is 14.5 Å². The Bertz CT molecular complexity index is 834. The van der Waals surface area contributed by atoms with E-state index in [9.17, 15) is 24.2 Å². The van der Waals surface area contributed by atoms with Crippen molar-refractivity contribution in [3.63, 3.8) is 0 Å². The molecule has 2 aromatic heterocycles. The maximum absolute atomic E-state index is 13.3. The number of aromatic nitrogens is 3. The summed E-state index contributed by atoms with van der Waals surface area (Å²) in [4.78, 5) is 28.8. The number of aliphatic hydroxyl groups excluding tert-OH is 3. The van der Waals surface area contributed by atoms with Crippen LogP contribution in [0.3, 0.4) is 0 Å². The van der Waals surface area contributed by atoms with Crippen molar-refractivity contribution in [2.45, 2.75) is 24.5 Å². The van der Waals surface area contributed by atoms with Crippen molar-refractivity contribution in [3.8, 4) is 0 Å². The van der Waals surface area contributed by atoms with E-state index in [0.29, 0.717) is 0 Å². The summed E-state index contributed by atoms with van der Waals surface area (Å²) in [6.07, 6.45) is -4.06. The van der Waals surface area contributed by atoms with Crippen molar-refractivity contribution in [2.75, 3.05) is 6.61 Å². The van der Waals surface area contributed by atoms with Gasteiger partial charge < -0.3 is 25.0 Å². The minimum atomic E-state index is -1.47. The van der Waals surface area contributed by atoms with Crippen LogP contribution in [0.15, 0.2) is 21.9 Å². The maximum Gasteiger partial charge on any atom is 0.351 e. The van der Waals surface area contributed by atoms with Gasteiger partial charge in [0.05, 0.1) is 6.61 Å². The van der Waals surface area contributed by atoms with Gasteiger partial charge in [-0.2, -0.15) is 4.98 Å². The Labute approximate surface area is 121 Å². The third-order valence-corrected chi connectivity index (χ3v) is 3.50. The Morgan fingerprint density at radius 3 is 2.73 bits per heavy atom. The molecule has 2 aromatic rings. The van der Waals surface area contributed by atoms with E-state index in [0.717, 1.165) is 16.8 Å². The summed E-state index contributed by atoms with van der Waals surface area (Å²) in [7, 11) is 0. The number of rotatable bonds is 2. The van der Waals surface area contributed by atoms with Crippen LogP contribution >= 0.6 is 0 Å². The highest BCUT2D eigenvalue weighted by molar-refractivity contribution is 5.72. The average Bonchev–Trinajstić information content (AvgIpc) is 2.76. The SMILES string of the molecule is O=c1[nH]c2nc(=O)n([C@@H]3O[C@H](CO)C(O)[C@@H]3O)cc2cc1F. The molecular weight excluding hydrogens is 301 g/mol. The van der Waals surface area contributed by atoms with Crippen LogP contribution in [0.5, 0.6) is 0 Å². The molecule has 118 valence electrons. The third-order valence-electron chi connectivity index (χ3n) is 3.50. The van der Waals surface area contributed by atoms with E-state index in [1.807, 2.05) is 0 Å². The summed E-state index contributed by atoms with van der Waals surface area (Å²) in [6.45, 7) is -0.549. The van der Waals surface area contributed by atoms with Gasteiger partial charge in [0.25, 0.3) is 5.56 Å². The van der Waals surface area contributed by atoms with E-state index in [-0.39, 0.29) is 11.0 Å². The van der Waals surface area contributed by atoms with Crippen LogP contribution in [-0.4, -0.2) is 54.8 Å². The van der Waals surface area contributed by atoms with Gasteiger partial charge in [-0.3, -0.25) is 9.36 Å². The molecule has 22 heavy (non-hydrogen) atoms. The Morgan fingerprint density at radius 2 is 2.09 bits per heavy atom. The molecule has 1 unspecified atom stereocenters. The summed E-state index contributed by atoms with van der Waals surface area (Å²) in [5.74, 6) is -1.05. The first-order chi connectivity index (χ1) is 10.4. The van der Waals surface area contributed by atoms with Crippen LogP contribution in [0.1, 0.15) is 6.23 Å². The standard InChI is InChI=1S/C12H12FN3O6/c13-5-1-4-2-16(12(21)15-9(4)14-10(5)20)11-8(19)7(18)6(3-17)22-11/h1-2,6-8,11,17-19H,3H2,(H,14,15,20,21)/t6-,7?,8+,11-/m1/s1. The number of pyridine rings is 1. The molecule has 1 aliphatic heterocycles. The van der Waals surface area contributed by atoms with Crippen molar-refractivity contribution >= 4 is 11.0 Å². The molecule has 0 aromatic carbocycles. The molecule has 0 saturated carbocycles. The van der Waals surface area contributed by atoms with Gasteiger partial charge in [-0.05, 0) is 6.07 Å². The topological polar surface area (TPSA) is 138 Å². The molecule has 9 nitrogen and oxygen atoms in total. The van der Waals surface area contributed by atoms with Gasteiger partial charge in [0.2, 0.25) is 0 Å². The van der Waals surface area contributed by atoms with Gasteiger partial charge >= 0.3 is 5.69 Å². The van der Waals surface area contributed by atoms with Crippen molar-refractivity contribution < 1.29 is 24.4 Å². The zero-order valence-corrected chi connectivity index (χ0v) is 11.0. The minimum Gasteiger partial charge on any atom is -0.394 e. The Balaban J connectivity index is 2.12. The molecule has 3 rings (SSSR count). The molecule has 0 bridgehead atoms. The van der Waals surface area contributed by atoms with Gasteiger partial charge in [-0.1, -0.05) is 0 Å². The zero-order chi connectivity index (χ0) is 16.0. The summed E-state index contributed by atoms with van der Waals surface area (Å²) in [6, 6.07) is 0.887. The van der Waals surface area contributed by atoms with Crippen molar-refractivity contribution in [2.24, 2.45) is 0 Å². The number of aromatic amines is 1. The average molecular weight is 313 g/mol. The number of nitrogens with one attached hydrogen (secondary N) is 1. The lowest BCUT2D eigenvalue weighted by Crippen LogP contribution is -2.36. The first-order valence-electron chi connectivity index (χ1n) is 6.36. The fourth-order valence-electron chi connectivity index (χ4n) is 2.35. The lowest BCUT2D eigenvalue weighted by atomic mass is 10.1.